The van der Waals surface area contributed by atoms with Crippen molar-refractivity contribution >= 4 is 39.2 Å². The summed E-state index contributed by atoms with van der Waals surface area (Å²) in [4.78, 5) is 33.7. The third-order valence-corrected chi connectivity index (χ3v) is 6.19. The van der Waals surface area contributed by atoms with Gasteiger partial charge < -0.3 is 15.1 Å². The van der Waals surface area contributed by atoms with Crippen molar-refractivity contribution in [2.75, 3.05) is 25.5 Å². The van der Waals surface area contributed by atoms with Crippen molar-refractivity contribution in [2.24, 2.45) is 5.92 Å². The van der Waals surface area contributed by atoms with Crippen LogP contribution in [0.25, 0.3) is 10.2 Å². The zero-order valence-electron chi connectivity index (χ0n) is 16.4. The number of carbonyl (C=O) groups excluding carboxylic acids is 2. The molecule has 0 saturated carbocycles. The van der Waals surface area contributed by atoms with Crippen molar-refractivity contribution in [1.29, 1.82) is 0 Å². The van der Waals surface area contributed by atoms with E-state index in [2.05, 4.69) is 10.3 Å². The fraction of sp³-hybridized carbons (Fsp3) is 0.318. The molecule has 1 saturated heterocycles. The van der Waals surface area contributed by atoms with E-state index in [9.17, 15) is 9.59 Å². The van der Waals surface area contributed by atoms with E-state index in [4.69, 9.17) is 0 Å². The maximum atomic E-state index is 13.0. The molecule has 1 fully saturated rings. The van der Waals surface area contributed by atoms with Crippen molar-refractivity contribution in [3.63, 3.8) is 0 Å². The van der Waals surface area contributed by atoms with Crippen molar-refractivity contribution < 1.29 is 9.59 Å². The number of rotatable bonds is 4. The molecular weight excluding hydrogens is 384 g/mol. The van der Waals surface area contributed by atoms with Gasteiger partial charge in [-0.25, -0.2) is 9.78 Å². The lowest BCUT2D eigenvalue weighted by molar-refractivity contribution is -0.136. The van der Waals surface area contributed by atoms with Crippen LogP contribution in [0.5, 0.6) is 0 Å². The molecule has 0 bridgehead atoms. The number of piperidine rings is 1. The molecule has 1 aliphatic heterocycles. The first-order chi connectivity index (χ1) is 14.1. The number of amides is 3. The Kier molecular flexibility index (Phi) is 5.76. The van der Waals surface area contributed by atoms with Crippen LogP contribution in [0.3, 0.4) is 0 Å². The number of anilines is 1. The normalized spacial score (nSPS) is 16.6. The molecule has 6 nitrogen and oxygen atoms in total. The molecular formula is C22H24N4O2S. The average molecular weight is 409 g/mol. The van der Waals surface area contributed by atoms with Crippen LogP contribution in [0.2, 0.25) is 0 Å². The second-order valence-electron chi connectivity index (χ2n) is 7.35. The minimum atomic E-state index is -0.176. The van der Waals surface area contributed by atoms with Gasteiger partial charge >= 0.3 is 6.03 Å². The molecule has 2 heterocycles. The smallest absolute Gasteiger partial charge is 0.321 e. The third-order valence-electron chi connectivity index (χ3n) is 5.17. The maximum Gasteiger partial charge on any atom is 0.321 e. The Morgan fingerprint density at radius 1 is 1.17 bits per heavy atom. The van der Waals surface area contributed by atoms with Crippen LogP contribution in [-0.2, 0) is 11.3 Å². The first kappa shape index (κ1) is 19.4. The average Bonchev–Trinajstić information content (AvgIpc) is 3.16. The molecule has 1 aliphatic rings. The molecule has 1 atom stereocenters. The summed E-state index contributed by atoms with van der Waals surface area (Å²) in [6.07, 6.45) is 1.63. The van der Waals surface area contributed by atoms with E-state index in [0.717, 1.165) is 33.8 Å². The lowest BCUT2D eigenvalue weighted by atomic mass is 9.97. The van der Waals surface area contributed by atoms with Gasteiger partial charge in [0.1, 0.15) is 5.01 Å². The monoisotopic (exact) mass is 408 g/mol. The van der Waals surface area contributed by atoms with Crippen LogP contribution in [0.15, 0.2) is 54.6 Å². The summed E-state index contributed by atoms with van der Waals surface area (Å²) in [7, 11) is 1.82. The number of hydrogen-bond donors (Lipinski definition) is 1. The van der Waals surface area contributed by atoms with Gasteiger partial charge in [-0.3, -0.25) is 4.79 Å². The summed E-state index contributed by atoms with van der Waals surface area (Å²) in [5.74, 6) is -0.105. The first-order valence-corrected chi connectivity index (χ1v) is 10.6. The Morgan fingerprint density at radius 2 is 1.93 bits per heavy atom. The molecule has 0 radical (unpaired) electrons. The summed E-state index contributed by atoms with van der Waals surface area (Å²) in [5, 5.41) is 3.84. The molecule has 3 amide bonds. The van der Waals surface area contributed by atoms with Gasteiger partial charge in [-0.15, -0.1) is 11.3 Å². The van der Waals surface area contributed by atoms with Crippen molar-refractivity contribution in [3.05, 3.63) is 59.6 Å². The zero-order chi connectivity index (χ0) is 20.2. The van der Waals surface area contributed by atoms with E-state index in [0.29, 0.717) is 19.6 Å². The first-order valence-electron chi connectivity index (χ1n) is 9.80. The molecule has 29 heavy (non-hydrogen) atoms. The Balaban J connectivity index is 1.36. The van der Waals surface area contributed by atoms with Gasteiger partial charge in [0.05, 0.1) is 22.7 Å². The number of aromatic nitrogens is 1. The number of carbonyl (C=O) groups is 2. The molecule has 0 spiro atoms. The number of nitrogens with one attached hydrogen (secondary N) is 1. The van der Waals surface area contributed by atoms with E-state index in [1.54, 1.807) is 21.1 Å². The Bertz CT molecular complexity index is 971. The van der Waals surface area contributed by atoms with Crippen LogP contribution in [0.4, 0.5) is 10.5 Å². The highest BCUT2D eigenvalue weighted by atomic mass is 32.1. The third kappa shape index (κ3) is 4.56. The minimum Gasteiger partial charge on any atom is -0.339 e. The van der Waals surface area contributed by atoms with Gasteiger partial charge in [-0.1, -0.05) is 30.3 Å². The van der Waals surface area contributed by atoms with Gasteiger partial charge in [-0.2, -0.15) is 0 Å². The van der Waals surface area contributed by atoms with Gasteiger partial charge in [0, 0.05) is 25.8 Å². The fourth-order valence-electron chi connectivity index (χ4n) is 3.67. The molecule has 1 aromatic heterocycles. The quantitative estimate of drug-likeness (QED) is 0.704. The molecule has 1 N–H and O–H groups in total. The number of thiazole rings is 1. The van der Waals surface area contributed by atoms with Crippen molar-refractivity contribution in [2.45, 2.75) is 19.4 Å². The van der Waals surface area contributed by atoms with E-state index >= 15 is 0 Å². The van der Waals surface area contributed by atoms with Crippen LogP contribution in [0.1, 0.15) is 17.8 Å². The summed E-state index contributed by atoms with van der Waals surface area (Å²) in [6.45, 7) is 1.61. The lowest BCUT2D eigenvalue weighted by Gasteiger charge is -2.33. The van der Waals surface area contributed by atoms with Crippen LogP contribution in [0, 0.1) is 5.92 Å². The largest absolute Gasteiger partial charge is 0.339 e. The molecule has 7 heteroatoms. The predicted molar refractivity (Wildman–Crippen MR) is 116 cm³/mol. The number of likely N-dealkylation sites (tertiary alicyclic amines) is 1. The molecule has 0 unspecified atom stereocenters. The lowest BCUT2D eigenvalue weighted by Crippen LogP contribution is -2.47. The topological polar surface area (TPSA) is 65.5 Å². The molecule has 4 rings (SSSR count). The highest BCUT2D eigenvalue weighted by molar-refractivity contribution is 7.18. The Labute approximate surface area is 174 Å². The fourth-order valence-corrected chi connectivity index (χ4v) is 4.69. The van der Waals surface area contributed by atoms with E-state index in [1.165, 1.54) is 0 Å². The van der Waals surface area contributed by atoms with Crippen LogP contribution in [-0.4, -0.2) is 46.9 Å². The number of urea groups is 1. The van der Waals surface area contributed by atoms with E-state index in [-0.39, 0.29) is 17.9 Å². The van der Waals surface area contributed by atoms with Crippen LogP contribution >= 0.6 is 11.3 Å². The number of hydrogen-bond acceptors (Lipinski definition) is 4. The summed E-state index contributed by atoms with van der Waals surface area (Å²) >= 11 is 1.62. The second kappa shape index (κ2) is 8.61. The van der Waals surface area contributed by atoms with E-state index < -0.39 is 0 Å². The zero-order valence-corrected chi connectivity index (χ0v) is 17.2. The van der Waals surface area contributed by atoms with Gasteiger partial charge in [0.15, 0.2) is 0 Å². The number of para-hydroxylation sites is 2. The second-order valence-corrected chi connectivity index (χ2v) is 8.47. The summed E-state index contributed by atoms with van der Waals surface area (Å²) < 4.78 is 1.13. The molecule has 150 valence electrons. The number of fused-ring (bicyclic) bond motifs is 1. The van der Waals surface area contributed by atoms with Gasteiger partial charge in [0.2, 0.25) is 5.91 Å². The van der Waals surface area contributed by atoms with Gasteiger partial charge in [-0.05, 0) is 37.1 Å². The predicted octanol–water partition coefficient (Wildman–Crippen LogP) is 4.20. The summed E-state index contributed by atoms with van der Waals surface area (Å²) in [5.41, 5.74) is 1.73. The standard InChI is InChI=1S/C22H24N4O2S/c1-25(15-20-24-18-11-5-6-12-19(18)29-20)21(27)16-8-7-13-26(14-16)22(28)23-17-9-3-2-4-10-17/h2-6,9-12,16H,7-8,13-15H2,1H3,(H,23,28)/t16-/m0/s1. The SMILES string of the molecule is CN(Cc1nc2ccccc2s1)C(=O)[C@H]1CCCN(C(=O)Nc2ccccc2)C1. The molecule has 3 aromatic rings. The number of nitrogens with zero attached hydrogens (tertiary/aromatic N) is 3. The van der Waals surface area contributed by atoms with Crippen molar-refractivity contribution in [1.82, 2.24) is 14.8 Å². The van der Waals surface area contributed by atoms with Crippen LogP contribution < -0.4 is 5.32 Å². The maximum absolute atomic E-state index is 13.0. The molecule has 0 aliphatic carbocycles. The number of benzene rings is 2. The van der Waals surface area contributed by atoms with E-state index in [1.807, 2.05) is 61.6 Å². The van der Waals surface area contributed by atoms with Crippen molar-refractivity contribution in [3.8, 4) is 0 Å². The minimum absolute atomic E-state index is 0.0708. The highest BCUT2D eigenvalue weighted by Gasteiger charge is 2.30. The Hall–Kier alpha value is -2.93. The highest BCUT2D eigenvalue weighted by Crippen LogP contribution is 2.24. The summed E-state index contributed by atoms with van der Waals surface area (Å²) in [6, 6.07) is 17.2. The Morgan fingerprint density at radius 3 is 2.72 bits per heavy atom. The molecule has 2 aromatic carbocycles. The van der Waals surface area contributed by atoms with Gasteiger partial charge in [0.25, 0.3) is 0 Å².